The summed E-state index contributed by atoms with van der Waals surface area (Å²) < 4.78 is 0. The second-order valence-corrected chi connectivity index (χ2v) is 6.44. The van der Waals surface area contributed by atoms with Crippen molar-refractivity contribution in [2.24, 2.45) is 17.8 Å². The third kappa shape index (κ3) is 3.05. The number of nitrogens with zero attached hydrogens (tertiary/aromatic N) is 1. The van der Waals surface area contributed by atoms with Gasteiger partial charge >= 0.3 is 0 Å². The topological polar surface area (TPSA) is 32.3 Å². The normalized spacial score (nSPS) is 33.8. The summed E-state index contributed by atoms with van der Waals surface area (Å²) in [6.45, 7) is 9.58. The molecule has 1 amide bonds. The van der Waals surface area contributed by atoms with Gasteiger partial charge in [-0.1, -0.05) is 13.8 Å². The molecule has 0 bridgehead atoms. The molecule has 1 heterocycles. The Labute approximate surface area is 111 Å². The van der Waals surface area contributed by atoms with E-state index in [1.807, 2.05) is 0 Å². The van der Waals surface area contributed by atoms with Crippen molar-refractivity contribution in [3.63, 3.8) is 0 Å². The van der Waals surface area contributed by atoms with Gasteiger partial charge in [-0.3, -0.25) is 4.79 Å². The molecule has 1 aliphatic heterocycles. The van der Waals surface area contributed by atoms with Gasteiger partial charge in [-0.25, -0.2) is 0 Å². The van der Waals surface area contributed by atoms with Crippen LogP contribution in [-0.4, -0.2) is 36.5 Å². The second kappa shape index (κ2) is 6.05. The third-order valence-electron chi connectivity index (χ3n) is 4.85. The van der Waals surface area contributed by atoms with Gasteiger partial charge in [0.25, 0.3) is 0 Å². The largest absolute Gasteiger partial charge is 0.337 e. The number of rotatable bonds is 2. The molecule has 1 atom stereocenters. The first-order chi connectivity index (χ1) is 8.59. The van der Waals surface area contributed by atoms with Crippen LogP contribution in [0, 0.1) is 17.8 Å². The average Bonchev–Trinajstić information content (AvgIpc) is 2.38. The second-order valence-electron chi connectivity index (χ2n) is 6.44. The minimum atomic E-state index is 0.306. The van der Waals surface area contributed by atoms with Gasteiger partial charge in [-0.05, 0) is 44.4 Å². The first-order valence-corrected chi connectivity index (χ1v) is 7.60. The van der Waals surface area contributed by atoms with E-state index in [0.717, 1.165) is 44.3 Å². The molecule has 3 heteroatoms. The van der Waals surface area contributed by atoms with E-state index in [1.165, 1.54) is 12.8 Å². The summed E-state index contributed by atoms with van der Waals surface area (Å²) in [7, 11) is 0. The molecule has 2 fully saturated rings. The highest BCUT2D eigenvalue weighted by atomic mass is 16.2. The Bertz CT molecular complexity index is 282. The number of carbonyl (C=O) groups is 1. The summed E-state index contributed by atoms with van der Waals surface area (Å²) in [4.78, 5) is 14.6. The molecule has 3 nitrogen and oxygen atoms in total. The van der Waals surface area contributed by atoms with E-state index in [4.69, 9.17) is 0 Å². The molecule has 0 unspecified atom stereocenters. The van der Waals surface area contributed by atoms with Crippen molar-refractivity contribution >= 4 is 5.91 Å². The summed E-state index contributed by atoms with van der Waals surface area (Å²) >= 11 is 0. The van der Waals surface area contributed by atoms with E-state index in [-0.39, 0.29) is 0 Å². The minimum absolute atomic E-state index is 0.306. The SMILES string of the molecule is CC(C)C1CCC(C(=O)N2CCNC[C@H]2C)CC1. The highest BCUT2D eigenvalue weighted by molar-refractivity contribution is 5.79. The lowest BCUT2D eigenvalue weighted by Gasteiger charge is -2.38. The molecule has 0 radical (unpaired) electrons. The maximum atomic E-state index is 12.5. The van der Waals surface area contributed by atoms with Crippen LogP contribution in [0.3, 0.4) is 0 Å². The fraction of sp³-hybridized carbons (Fsp3) is 0.933. The number of amides is 1. The Balaban J connectivity index is 1.87. The quantitative estimate of drug-likeness (QED) is 0.817. The van der Waals surface area contributed by atoms with E-state index in [2.05, 4.69) is 31.0 Å². The number of hydrogen-bond donors (Lipinski definition) is 1. The minimum Gasteiger partial charge on any atom is -0.337 e. The van der Waals surface area contributed by atoms with Crippen molar-refractivity contribution in [2.75, 3.05) is 19.6 Å². The van der Waals surface area contributed by atoms with Crippen molar-refractivity contribution in [2.45, 2.75) is 52.5 Å². The van der Waals surface area contributed by atoms with Crippen molar-refractivity contribution in [3.8, 4) is 0 Å². The molecule has 0 aromatic rings. The molecule has 0 aromatic heterocycles. The maximum Gasteiger partial charge on any atom is 0.226 e. The van der Waals surface area contributed by atoms with E-state index in [0.29, 0.717) is 17.9 Å². The molecular weight excluding hydrogens is 224 g/mol. The lowest BCUT2D eigenvalue weighted by molar-refractivity contribution is -0.139. The zero-order chi connectivity index (χ0) is 13.1. The molecule has 2 rings (SSSR count). The van der Waals surface area contributed by atoms with Crippen LogP contribution in [0.5, 0.6) is 0 Å². The van der Waals surface area contributed by atoms with Crippen LogP contribution in [0.4, 0.5) is 0 Å². The number of hydrogen-bond acceptors (Lipinski definition) is 2. The molecule has 1 saturated carbocycles. The van der Waals surface area contributed by atoms with Crippen LogP contribution in [0.1, 0.15) is 46.5 Å². The van der Waals surface area contributed by atoms with E-state index < -0.39 is 0 Å². The van der Waals surface area contributed by atoms with Crippen molar-refractivity contribution in [3.05, 3.63) is 0 Å². The summed E-state index contributed by atoms with van der Waals surface area (Å²) in [5.74, 6) is 2.35. The van der Waals surface area contributed by atoms with Crippen molar-refractivity contribution < 1.29 is 4.79 Å². The van der Waals surface area contributed by atoms with Crippen LogP contribution < -0.4 is 5.32 Å². The molecule has 1 saturated heterocycles. The fourth-order valence-electron chi connectivity index (χ4n) is 3.44. The smallest absolute Gasteiger partial charge is 0.226 e. The highest BCUT2D eigenvalue weighted by Crippen LogP contribution is 2.34. The predicted octanol–water partition coefficient (Wildman–Crippen LogP) is 2.27. The van der Waals surface area contributed by atoms with Crippen LogP contribution in [-0.2, 0) is 4.79 Å². The Morgan fingerprint density at radius 1 is 1.22 bits per heavy atom. The molecule has 18 heavy (non-hydrogen) atoms. The molecule has 1 aliphatic carbocycles. The van der Waals surface area contributed by atoms with E-state index in [1.54, 1.807) is 0 Å². The Morgan fingerprint density at radius 2 is 1.89 bits per heavy atom. The van der Waals surface area contributed by atoms with Gasteiger partial charge in [0.2, 0.25) is 5.91 Å². The first kappa shape index (κ1) is 13.9. The maximum absolute atomic E-state index is 12.5. The summed E-state index contributed by atoms with van der Waals surface area (Å²) in [6, 6.07) is 0.370. The van der Waals surface area contributed by atoms with Crippen molar-refractivity contribution in [1.82, 2.24) is 10.2 Å². The summed E-state index contributed by atoms with van der Waals surface area (Å²) in [6.07, 6.45) is 4.71. The molecule has 104 valence electrons. The summed E-state index contributed by atoms with van der Waals surface area (Å²) in [5.41, 5.74) is 0. The lowest BCUT2D eigenvalue weighted by Crippen LogP contribution is -2.54. The number of carbonyl (C=O) groups excluding carboxylic acids is 1. The van der Waals surface area contributed by atoms with Gasteiger partial charge in [0.15, 0.2) is 0 Å². The molecule has 0 spiro atoms. The molecular formula is C15H28N2O. The number of piperazine rings is 1. The average molecular weight is 252 g/mol. The van der Waals surface area contributed by atoms with Crippen LogP contribution in [0.25, 0.3) is 0 Å². The molecule has 0 aromatic carbocycles. The number of nitrogens with one attached hydrogen (secondary N) is 1. The van der Waals surface area contributed by atoms with Crippen LogP contribution in [0.15, 0.2) is 0 Å². The Morgan fingerprint density at radius 3 is 2.44 bits per heavy atom. The van der Waals surface area contributed by atoms with Gasteiger partial charge < -0.3 is 10.2 Å². The molecule has 2 aliphatic rings. The fourth-order valence-corrected chi connectivity index (χ4v) is 3.44. The van der Waals surface area contributed by atoms with Gasteiger partial charge in [0.05, 0.1) is 0 Å². The monoisotopic (exact) mass is 252 g/mol. The van der Waals surface area contributed by atoms with Gasteiger partial charge in [0, 0.05) is 31.6 Å². The zero-order valence-corrected chi connectivity index (χ0v) is 12.1. The van der Waals surface area contributed by atoms with Gasteiger partial charge in [-0.2, -0.15) is 0 Å². The van der Waals surface area contributed by atoms with Crippen LogP contribution in [0.2, 0.25) is 0 Å². The van der Waals surface area contributed by atoms with Crippen molar-refractivity contribution in [1.29, 1.82) is 0 Å². The van der Waals surface area contributed by atoms with Gasteiger partial charge in [0.1, 0.15) is 0 Å². The van der Waals surface area contributed by atoms with E-state index >= 15 is 0 Å². The van der Waals surface area contributed by atoms with E-state index in [9.17, 15) is 4.79 Å². The standard InChI is InChI=1S/C15H28N2O/c1-11(2)13-4-6-14(7-5-13)15(18)17-9-8-16-10-12(17)3/h11-14,16H,4-10H2,1-3H3/t12-,13?,14?/m1/s1. The Hall–Kier alpha value is -0.570. The van der Waals surface area contributed by atoms with Gasteiger partial charge in [-0.15, -0.1) is 0 Å². The highest BCUT2D eigenvalue weighted by Gasteiger charge is 2.32. The van der Waals surface area contributed by atoms with Crippen LogP contribution >= 0.6 is 0 Å². The predicted molar refractivity (Wildman–Crippen MR) is 74.3 cm³/mol. The first-order valence-electron chi connectivity index (χ1n) is 7.60. The third-order valence-corrected chi connectivity index (χ3v) is 4.85. The Kier molecular flexibility index (Phi) is 4.66. The lowest BCUT2D eigenvalue weighted by atomic mass is 9.76. The summed E-state index contributed by atoms with van der Waals surface area (Å²) in [5, 5.41) is 3.35. The molecule has 1 N–H and O–H groups in total. The zero-order valence-electron chi connectivity index (χ0n) is 12.1.